The fourth-order valence-corrected chi connectivity index (χ4v) is 1.87. The smallest absolute Gasteiger partial charge is 0.329 e. The van der Waals surface area contributed by atoms with Crippen molar-refractivity contribution in [1.29, 1.82) is 0 Å². The van der Waals surface area contributed by atoms with Crippen LogP contribution in [0, 0.1) is 0 Å². The van der Waals surface area contributed by atoms with Crippen LogP contribution in [0.25, 0.3) is 0 Å². The van der Waals surface area contributed by atoms with Gasteiger partial charge >= 0.3 is 6.18 Å². The van der Waals surface area contributed by atoms with Crippen LogP contribution in [-0.2, 0) is 10.2 Å². The Morgan fingerprint density at radius 2 is 1.93 bits per heavy atom. The van der Waals surface area contributed by atoms with Crippen LogP contribution >= 0.6 is 0 Å². The van der Waals surface area contributed by atoms with Crippen molar-refractivity contribution in [2.45, 2.75) is 25.6 Å². The van der Waals surface area contributed by atoms with E-state index in [1.165, 1.54) is 4.72 Å². The van der Waals surface area contributed by atoms with Crippen LogP contribution in [0.1, 0.15) is 13.3 Å². The van der Waals surface area contributed by atoms with Crippen LogP contribution in [0.5, 0.6) is 0 Å². The van der Waals surface area contributed by atoms with Gasteiger partial charge in [0.2, 0.25) is 0 Å². The third kappa shape index (κ3) is 7.54. The van der Waals surface area contributed by atoms with Crippen LogP contribution in [-0.4, -0.2) is 33.7 Å². The minimum atomic E-state index is -4.57. The highest BCUT2D eigenvalue weighted by Gasteiger charge is 2.29. The minimum Gasteiger partial charge on any atom is -0.329 e. The topological polar surface area (TPSA) is 84.2 Å². The van der Waals surface area contributed by atoms with Gasteiger partial charge in [0.05, 0.1) is 0 Å². The quantitative estimate of drug-likeness (QED) is 0.605. The van der Waals surface area contributed by atoms with Crippen LogP contribution in [0.15, 0.2) is 0 Å². The summed E-state index contributed by atoms with van der Waals surface area (Å²) < 4.78 is 60.6. The second-order valence-electron chi connectivity index (χ2n) is 2.90. The Morgan fingerprint density at radius 3 is 2.27 bits per heavy atom. The summed E-state index contributed by atoms with van der Waals surface area (Å²) in [4.78, 5) is 0. The molecule has 0 aliphatic rings. The Morgan fingerprint density at radius 1 is 1.40 bits per heavy atom. The average molecular weight is 249 g/mol. The molecule has 15 heavy (non-hydrogen) atoms. The van der Waals surface area contributed by atoms with Crippen molar-refractivity contribution in [3.05, 3.63) is 0 Å². The summed E-state index contributed by atoms with van der Waals surface area (Å²) in [7, 11) is -4.14. The predicted molar refractivity (Wildman–Crippen MR) is 49.2 cm³/mol. The molecule has 0 amide bonds. The maximum atomic E-state index is 11.7. The van der Waals surface area contributed by atoms with E-state index >= 15 is 0 Å². The van der Waals surface area contributed by atoms with Crippen molar-refractivity contribution in [1.82, 2.24) is 9.44 Å². The zero-order chi connectivity index (χ0) is 12.1. The minimum absolute atomic E-state index is 0.0312. The summed E-state index contributed by atoms with van der Waals surface area (Å²) in [6.45, 7) is 0.108. The van der Waals surface area contributed by atoms with Gasteiger partial charge in [-0.2, -0.15) is 31.0 Å². The first-order valence-electron chi connectivity index (χ1n) is 4.24. The number of halogens is 3. The maximum Gasteiger partial charge on any atom is 0.402 e. The van der Waals surface area contributed by atoms with Gasteiger partial charge in [-0.25, -0.2) is 0 Å². The molecule has 0 aromatic heterocycles. The first kappa shape index (κ1) is 14.6. The molecule has 4 N–H and O–H groups in total. The lowest BCUT2D eigenvalue weighted by Gasteiger charge is -2.15. The van der Waals surface area contributed by atoms with Crippen molar-refractivity contribution < 1.29 is 21.6 Å². The second kappa shape index (κ2) is 5.64. The zero-order valence-corrected chi connectivity index (χ0v) is 8.95. The molecule has 0 saturated heterocycles. The third-order valence-corrected chi connectivity index (χ3v) is 2.73. The number of rotatable bonds is 6. The number of nitrogens with two attached hydrogens (primary N) is 1. The molecular formula is C6H14F3N3O2S. The molecule has 0 aliphatic carbocycles. The lowest BCUT2D eigenvalue weighted by atomic mass is 10.2. The molecule has 0 radical (unpaired) electrons. The van der Waals surface area contributed by atoms with E-state index < -0.39 is 29.0 Å². The van der Waals surface area contributed by atoms with Crippen molar-refractivity contribution in [3.63, 3.8) is 0 Å². The van der Waals surface area contributed by atoms with E-state index in [1.807, 2.05) is 4.72 Å². The summed E-state index contributed by atoms with van der Waals surface area (Å²) in [5, 5.41) is 0. The Bertz CT molecular complexity index is 274. The van der Waals surface area contributed by atoms with Crippen molar-refractivity contribution >= 4 is 10.2 Å². The summed E-state index contributed by atoms with van der Waals surface area (Å²) in [6.07, 6.45) is -4.16. The molecule has 9 heteroatoms. The highest BCUT2D eigenvalue weighted by atomic mass is 32.2. The van der Waals surface area contributed by atoms with Gasteiger partial charge in [0.1, 0.15) is 6.54 Å². The molecule has 0 heterocycles. The van der Waals surface area contributed by atoms with Gasteiger partial charge in [-0.3, -0.25) is 0 Å². The Labute approximate surface area is 86.4 Å². The average Bonchev–Trinajstić information content (AvgIpc) is 2.10. The Balaban J connectivity index is 4.20. The van der Waals surface area contributed by atoms with Gasteiger partial charge in [0, 0.05) is 12.6 Å². The first-order chi connectivity index (χ1) is 6.70. The Hall–Kier alpha value is -0.380. The maximum absolute atomic E-state index is 11.7. The fraction of sp³-hybridized carbons (Fsp3) is 1.00. The molecule has 0 aromatic carbocycles. The molecule has 0 aliphatic heterocycles. The highest BCUT2D eigenvalue weighted by molar-refractivity contribution is 7.87. The van der Waals surface area contributed by atoms with Gasteiger partial charge in [-0.05, 0) is 6.42 Å². The highest BCUT2D eigenvalue weighted by Crippen LogP contribution is 2.12. The molecule has 92 valence electrons. The molecular weight excluding hydrogens is 235 g/mol. The van der Waals surface area contributed by atoms with Gasteiger partial charge in [0.25, 0.3) is 10.2 Å². The standard InChI is InChI=1S/C6H14F3N3O2S/c1-2-5(3-10)12-15(13,14)11-4-6(7,8)9/h5,11-12H,2-4,10H2,1H3. The van der Waals surface area contributed by atoms with E-state index in [0.717, 1.165) is 0 Å². The van der Waals surface area contributed by atoms with Gasteiger partial charge in [-0.1, -0.05) is 6.92 Å². The largest absolute Gasteiger partial charge is 0.402 e. The molecule has 0 spiro atoms. The van der Waals surface area contributed by atoms with Gasteiger partial charge in [0.15, 0.2) is 0 Å². The normalized spacial score (nSPS) is 15.3. The summed E-state index contributed by atoms with van der Waals surface area (Å²) >= 11 is 0. The summed E-state index contributed by atoms with van der Waals surface area (Å²) in [6, 6.07) is -0.560. The molecule has 0 rings (SSSR count). The van der Waals surface area contributed by atoms with Crippen molar-refractivity contribution in [3.8, 4) is 0 Å². The Kier molecular flexibility index (Phi) is 5.49. The zero-order valence-electron chi connectivity index (χ0n) is 8.13. The number of hydrogen-bond donors (Lipinski definition) is 3. The van der Waals surface area contributed by atoms with Gasteiger partial charge in [-0.15, -0.1) is 0 Å². The first-order valence-corrected chi connectivity index (χ1v) is 5.72. The summed E-state index contributed by atoms with van der Waals surface area (Å²) in [5.41, 5.74) is 5.20. The predicted octanol–water partition coefficient (Wildman–Crippen LogP) is -0.290. The molecule has 0 fully saturated rings. The molecule has 0 aromatic rings. The van der Waals surface area contributed by atoms with Crippen molar-refractivity contribution in [2.24, 2.45) is 5.73 Å². The summed E-state index contributed by atoms with van der Waals surface area (Å²) in [5.74, 6) is 0. The molecule has 1 unspecified atom stereocenters. The van der Waals surface area contributed by atoms with Crippen LogP contribution in [0.4, 0.5) is 13.2 Å². The molecule has 0 saturated carbocycles. The lowest BCUT2D eigenvalue weighted by molar-refractivity contribution is -0.121. The third-order valence-electron chi connectivity index (χ3n) is 1.56. The van der Waals surface area contributed by atoms with Crippen LogP contribution in [0.2, 0.25) is 0 Å². The van der Waals surface area contributed by atoms with Gasteiger partial charge < -0.3 is 5.73 Å². The second-order valence-corrected chi connectivity index (χ2v) is 4.43. The molecule has 0 bridgehead atoms. The van der Waals surface area contributed by atoms with E-state index in [0.29, 0.717) is 6.42 Å². The molecule has 1 atom stereocenters. The van der Waals surface area contributed by atoms with Crippen LogP contribution in [0.3, 0.4) is 0 Å². The number of hydrogen-bond acceptors (Lipinski definition) is 3. The SMILES string of the molecule is CCC(CN)NS(=O)(=O)NCC(F)(F)F. The van der Waals surface area contributed by atoms with Crippen LogP contribution < -0.4 is 15.2 Å². The fourth-order valence-electron chi connectivity index (χ4n) is 0.736. The molecule has 5 nitrogen and oxygen atoms in total. The van der Waals surface area contributed by atoms with Crippen molar-refractivity contribution in [2.75, 3.05) is 13.1 Å². The monoisotopic (exact) mass is 249 g/mol. The number of alkyl halides is 3. The van der Waals surface area contributed by atoms with E-state index in [4.69, 9.17) is 5.73 Å². The van der Waals surface area contributed by atoms with E-state index in [2.05, 4.69) is 0 Å². The number of nitrogens with one attached hydrogen (secondary N) is 2. The van der Waals surface area contributed by atoms with E-state index in [9.17, 15) is 21.6 Å². The lowest BCUT2D eigenvalue weighted by Crippen LogP contribution is -2.47. The van der Waals surface area contributed by atoms with E-state index in [1.54, 1.807) is 6.92 Å². The van der Waals surface area contributed by atoms with E-state index in [-0.39, 0.29) is 6.54 Å².